The van der Waals surface area contributed by atoms with Crippen LogP contribution in [0.25, 0.3) is 0 Å². The average Bonchev–Trinajstić information content (AvgIpc) is 2.91. The molecule has 0 unspecified atom stereocenters. The lowest BCUT2D eigenvalue weighted by Crippen LogP contribution is -2.51. The van der Waals surface area contributed by atoms with Crippen LogP contribution in [0.2, 0.25) is 10.0 Å². The summed E-state index contributed by atoms with van der Waals surface area (Å²) in [7, 11) is 1.54. The minimum Gasteiger partial charge on any atom is -0.493 e. The van der Waals surface area contributed by atoms with Crippen molar-refractivity contribution in [2.75, 3.05) is 20.3 Å². The zero-order valence-corrected chi connectivity index (χ0v) is 22.6. The van der Waals surface area contributed by atoms with Crippen molar-refractivity contribution < 1.29 is 19.1 Å². The molecular weight excluding hydrogens is 511 g/mol. The zero-order valence-electron chi connectivity index (χ0n) is 21.1. The Kier molecular flexibility index (Phi) is 11.1. The molecule has 0 radical (unpaired) electrons. The number of para-hydroxylation sites is 2. The second-order valence-electron chi connectivity index (χ2n) is 8.55. The number of hydrogen-bond acceptors (Lipinski definition) is 4. The normalized spacial score (nSPS) is 11.5. The van der Waals surface area contributed by atoms with E-state index in [4.69, 9.17) is 32.7 Å². The summed E-state index contributed by atoms with van der Waals surface area (Å²) in [6, 6.07) is 21.0. The van der Waals surface area contributed by atoms with Crippen molar-refractivity contribution in [2.45, 2.75) is 38.8 Å². The van der Waals surface area contributed by atoms with Gasteiger partial charge < -0.3 is 19.7 Å². The minimum absolute atomic E-state index is 0.114. The highest BCUT2D eigenvalue weighted by atomic mass is 35.5. The first-order chi connectivity index (χ1) is 17.9. The minimum atomic E-state index is -0.778. The van der Waals surface area contributed by atoms with Crippen molar-refractivity contribution in [1.29, 1.82) is 0 Å². The van der Waals surface area contributed by atoms with Gasteiger partial charge in [0, 0.05) is 29.6 Å². The number of nitrogens with one attached hydrogen (secondary N) is 1. The van der Waals surface area contributed by atoms with E-state index in [0.29, 0.717) is 40.1 Å². The Labute approximate surface area is 228 Å². The molecule has 1 N–H and O–H groups in total. The van der Waals surface area contributed by atoms with Crippen molar-refractivity contribution in [3.63, 3.8) is 0 Å². The molecule has 8 heteroatoms. The van der Waals surface area contributed by atoms with Gasteiger partial charge in [-0.25, -0.2) is 0 Å². The monoisotopic (exact) mass is 542 g/mol. The number of benzene rings is 3. The molecule has 0 spiro atoms. The number of hydrogen-bond donors (Lipinski definition) is 1. The molecule has 0 aromatic heterocycles. The van der Waals surface area contributed by atoms with E-state index < -0.39 is 6.04 Å². The van der Waals surface area contributed by atoms with Crippen LogP contribution in [0.1, 0.15) is 30.9 Å². The fraction of sp³-hybridized carbons (Fsp3) is 0.310. The van der Waals surface area contributed by atoms with Crippen LogP contribution < -0.4 is 14.8 Å². The fourth-order valence-corrected chi connectivity index (χ4v) is 4.32. The van der Waals surface area contributed by atoms with Gasteiger partial charge in [0.2, 0.25) is 5.91 Å². The van der Waals surface area contributed by atoms with Crippen molar-refractivity contribution in [3.8, 4) is 11.5 Å². The quantitative estimate of drug-likeness (QED) is 0.271. The van der Waals surface area contributed by atoms with Crippen LogP contribution >= 0.6 is 23.2 Å². The van der Waals surface area contributed by atoms with Crippen LogP contribution in [0.15, 0.2) is 72.8 Å². The van der Waals surface area contributed by atoms with Crippen LogP contribution in [0, 0.1) is 0 Å². The SMILES string of the molecule is CCCCNC(=O)[C@H](Cc1ccccc1)N(Cc1ccc(Cl)cc1Cl)C(=O)COc1ccccc1OC. The average molecular weight is 543 g/mol. The molecule has 0 aliphatic heterocycles. The molecule has 3 aromatic rings. The number of methoxy groups -OCH3 is 1. The first-order valence-electron chi connectivity index (χ1n) is 12.2. The molecular formula is C29H32Cl2N2O4. The number of unbranched alkanes of at least 4 members (excludes halogenated alkanes) is 1. The maximum absolute atomic E-state index is 13.7. The van der Waals surface area contributed by atoms with Crippen LogP contribution in [0.5, 0.6) is 11.5 Å². The third-order valence-corrected chi connectivity index (χ3v) is 6.46. The third kappa shape index (κ3) is 8.41. The van der Waals surface area contributed by atoms with E-state index in [2.05, 4.69) is 12.2 Å². The van der Waals surface area contributed by atoms with Gasteiger partial charge in [-0.1, -0.05) is 85.1 Å². The molecule has 0 saturated heterocycles. The van der Waals surface area contributed by atoms with Crippen LogP contribution in [-0.4, -0.2) is 43.0 Å². The zero-order chi connectivity index (χ0) is 26.6. The van der Waals surface area contributed by atoms with E-state index in [1.54, 1.807) is 36.4 Å². The summed E-state index contributed by atoms with van der Waals surface area (Å²) in [5.74, 6) is 0.368. The maximum Gasteiger partial charge on any atom is 0.261 e. The van der Waals surface area contributed by atoms with Crippen LogP contribution in [0.3, 0.4) is 0 Å². The van der Waals surface area contributed by atoms with Crippen molar-refractivity contribution in [2.24, 2.45) is 0 Å². The Morgan fingerprint density at radius 3 is 2.35 bits per heavy atom. The standard InChI is InChI=1S/C29H32Cl2N2O4/c1-3-4-16-32-29(35)25(17-21-10-6-5-7-11-21)33(19-22-14-15-23(30)18-24(22)31)28(34)20-37-27-13-9-8-12-26(27)36-2/h5-15,18,25H,3-4,16-17,19-20H2,1-2H3,(H,32,35)/t25-/m0/s1. The summed E-state index contributed by atoms with van der Waals surface area (Å²) < 4.78 is 11.2. The predicted molar refractivity (Wildman–Crippen MR) is 147 cm³/mol. The molecule has 0 aliphatic carbocycles. The molecule has 196 valence electrons. The van der Waals surface area contributed by atoms with E-state index in [1.807, 2.05) is 36.4 Å². The number of rotatable bonds is 13. The van der Waals surface area contributed by atoms with Crippen molar-refractivity contribution >= 4 is 35.0 Å². The van der Waals surface area contributed by atoms with Crippen LogP contribution in [0.4, 0.5) is 0 Å². The van der Waals surface area contributed by atoms with Crippen LogP contribution in [-0.2, 0) is 22.6 Å². The van der Waals surface area contributed by atoms with Gasteiger partial charge in [0.1, 0.15) is 6.04 Å². The summed E-state index contributed by atoms with van der Waals surface area (Å²) in [6.45, 7) is 2.42. The number of carbonyl (C=O) groups is 2. The molecule has 3 aromatic carbocycles. The second-order valence-corrected chi connectivity index (χ2v) is 9.39. The molecule has 37 heavy (non-hydrogen) atoms. The van der Waals surface area contributed by atoms with Crippen molar-refractivity contribution in [3.05, 3.63) is 94.0 Å². The van der Waals surface area contributed by atoms with Crippen molar-refractivity contribution in [1.82, 2.24) is 10.2 Å². The molecule has 3 rings (SSSR count). The maximum atomic E-state index is 13.7. The van der Waals surface area contributed by atoms with E-state index in [9.17, 15) is 9.59 Å². The largest absolute Gasteiger partial charge is 0.493 e. The van der Waals surface area contributed by atoms with Gasteiger partial charge in [-0.15, -0.1) is 0 Å². The van der Waals surface area contributed by atoms with E-state index in [1.165, 1.54) is 12.0 Å². The Hall–Kier alpha value is -3.22. The number of amides is 2. The fourth-order valence-electron chi connectivity index (χ4n) is 3.85. The predicted octanol–water partition coefficient (Wildman–Crippen LogP) is 5.94. The van der Waals surface area contributed by atoms with Gasteiger partial charge >= 0.3 is 0 Å². The van der Waals surface area contributed by atoms with Gasteiger partial charge in [-0.3, -0.25) is 9.59 Å². The molecule has 0 aliphatic rings. The summed E-state index contributed by atoms with van der Waals surface area (Å²) in [4.78, 5) is 28.7. The lowest BCUT2D eigenvalue weighted by Gasteiger charge is -2.32. The highest BCUT2D eigenvalue weighted by Crippen LogP contribution is 2.27. The Morgan fingerprint density at radius 1 is 0.973 bits per heavy atom. The first-order valence-corrected chi connectivity index (χ1v) is 13.0. The molecule has 1 atom stereocenters. The lowest BCUT2D eigenvalue weighted by atomic mass is 10.0. The topological polar surface area (TPSA) is 67.9 Å². The number of nitrogens with zero attached hydrogens (tertiary/aromatic N) is 1. The summed E-state index contributed by atoms with van der Waals surface area (Å²) in [6.07, 6.45) is 2.13. The van der Waals surface area contributed by atoms with E-state index in [0.717, 1.165) is 18.4 Å². The molecule has 0 heterocycles. The molecule has 2 amide bonds. The molecule has 0 bridgehead atoms. The van der Waals surface area contributed by atoms with Gasteiger partial charge in [-0.05, 0) is 41.8 Å². The molecule has 0 fully saturated rings. The summed E-state index contributed by atoms with van der Waals surface area (Å²) in [5.41, 5.74) is 1.61. The first kappa shape index (κ1) is 28.4. The van der Waals surface area contributed by atoms with Gasteiger partial charge in [0.15, 0.2) is 18.1 Å². The van der Waals surface area contributed by atoms with E-state index in [-0.39, 0.29) is 25.0 Å². The van der Waals surface area contributed by atoms with Gasteiger partial charge in [0.05, 0.1) is 7.11 Å². The number of ether oxygens (including phenoxy) is 2. The molecule has 0 saturated carbocycles. The van der Waals surface area contributed by atoms with E-state index >= 15 is 0 Å². The van der Waals surface area contributed by atoms with Gasteiger partial charge in [-0.2, -0.15) is 0 Å². The Balaban J connectivity index is 1.93. The Bertz CT molecular complexity index is 1170. The Morgan fingerprint density at radius 2 is 1.68 bits per heavy atom. The number of halogens is 2. The smallest absolute Gasteiger partial charge is 0.261 e. The highest BCUT2D eigenvalue weighted by Gasteiger charge is 2.31. The highest BCUT2D eigenvalue weighted by molar-refractivity contribution is 6.35. The van der Waals surface area contributed by atoms with Gasteiger partial charge in [0.25, 0.3) is 5.91 Å². The third-order valence-electron chi connectivity index (χ3n) is 5.88. The lowest BCUT2D eigenvalue weighted by molar-refractivity contribution is -0.142. The summed E-state index contributed by atoms with van der Waals surface area (Å²) in [5, 5.41) is 3.90. The summed E-state index contributed by atoms with van der Waals surface area (Å²) >= 11 is 12.6. The number of carbonyl (C=O) groups excluding carboxylic acids is 2. The second kappa shape index (κ2) is 14.5. The molecule has 6 nitrogen and oxygen atoms in total.